The van der Waals surface area contributed by atoms with Crippen LogP contribution in [-0.2, 0) is 0 Å². The molecule has 0 spiro atoms. The van der Waals surface area contributed by atoms with Crippen molar-refractivity contribution in [1.29, 1.82) is 0 Å². The van der Waals surface area contributed by atoms with Gasteiger partial charge < -0.3 is 14.5 Å². The minimum absolute atomic E-state index is 0.0533. The number of para-hydroxylation sites is 2. The molecule has 25 heavy (non-hydrogen) atoms. The average molecular weight is 340 g/mol. The van der Waals surface area contributed by atoms with E-state index in [2.05, 4.69) is 28.9 Å². The molecule has 1 aliphatic rings. The minimum Gasteiger partial charge on any atom is -0.495 e. The minimum atomic E-state index is -0.0533. The van der Waals surface area contributed by atoms with Crippen LogP contribution in [0.1, 0.15) is 35.9 Å². The maximum atomic E-state index is 12.6. The van der Waals surface area contributed by atoms with Crippen LogP contribution >= 0.6 is 0 Å². The predicted octanol–water partition coefficient (Wildman–Crippen LogP) is 2.57. The van der Waals surface area contributed by atoms with E-state index in [1.165, 1.54) is 0 Å². The molecule has 1 aromatic heterocycles. The summed E-state index contributed by atoms with van der Waals surface area (Å²) in [5.74, 6) is 1.11. The molecule has 0 atom stereocenters. The van der Waals surface area contributed by atoms with Gasteiger partial charge in [-0.2, -0.15) is 5.10 Å². The Hall–Kier alpha value is -2.63. The Bertz CT molecular complexity index is 722. The van der Waals surface area contributed by atoms with Crippen molar-refractivity contribution >= 4 is 11.6 Å². The normalized spacial score (nSPS) is 14.7. The molecule has 2 aromatic rings. The monoisotopic (exact) mass is 340 g/mol. The highest BCUT2D eigenvalue weighted by Crippen LogP contribution is 2.28. The number of nitrogens with zero attached hydrogens (tertiary/aromatic N) is 4. The molecule has 6 heteroatoms. The SMILES string of the molecule is COc1ccccc1N1CCN(C(=O)c2ccc(C(C)C)nn2)CC1. The molecule has 2 heterocycles. The van der Waals surface area contributed by atoms with E-state index in [9.17, 15) is 4.79 Å². The highest BCUT2D eigenvalue weighted by molar-refractivity contribution is 5.92. The third kappa shape index (κ3) is 3.73. The number of carbonyl (C=O) groups is 1. The lowest BCUT2D eigenvalue weighted by Gasteiger charge is -2.36. The van der Waals surface area contributed by atoms with Gasteiger partial charge in [-0.3, -0.25) is 4.79 Å². The molecule has 6 nitrogen and oxygen atoms in total. The fraction of sp³-hybridized carbons (Fsp3) is 0.421. The second kappa shape index (κ2) is 7.51. The maximum absolute atomic E-state index is 12.6. The zero-order valence-electron chi connectivity index (χ0n) is 15.0. The van der Waals surface area contributed by atoms with Crippen molar-refractivity contribution in [3.63, 3.8) is 0 Å². The predicted molar refractivity (Wildman–Crippen MR) is 97.2 cm³/mol. The summed E-state index contributed by atoms with van der Waals surface area (Å²) in [7, 11) is 1.68. The lowest BCUT2D eigenvalue weighted by Crippen LogP contribution is -2.49. The van der Waals surface area contributed by atoms with Crippen LogP contribution in [0.25, 0.3) is 0 Å². The number of amides is 1. The van der Waals surface area contributed by atoms with E-state index in [0.29, 0.717) is 24.7 Å². The molecule has 0 aliphatic carbocycles. The van der Waals surface area contributed by atoms with Crippen LogP contribution in [0.4, 0.5) is 5.69 Å². The standard InChI is InChI=1S/C19H24N4O2/c1-14(2)15-8-9-16(21-20-15)19(24)23-12-10-22(11-13-23)17-6-4-5-7-18(17)25-3/h4-9,14H,10-13H2,1-3H3. The number of hydrogen-bond donors (Lipinski definition) is 0. The summed E-state index contributed by atoms with van der Waals surface area (Å²) in [5.41, 5.74) is 2.38. The lowest BCUT2D eigenvalue weighted by atomic mass is 10.1. The van der Waals surface area contributed by atoms with Gasteiger partial charge in [0.15, 0.2) is 5.69 Å². The van der Waals surface area contributed by atoms with Gasteiger partial charge in [0.2, 0.25) is 0 Å². The summed E-state index contributed by atoms with van der Waals surface area (Å²) < 4.78 is 5.43. The van der Waals surface area contributed by atoms with Gasteiger partial charge in [0.25, 0.3) is 5.91 Å². The number of aromatic nitrogens is 2. The van der Waals surface area contributed by atoms with Crippen LogP contribution in [0.15, 0.2) is 36.4 Å². The zero-order chi connectivity index (χ0) is 17.8. The quantitative estimate of drug-likeness (QED) is 0.856. The number of carbonyl (C=O) groups excluding carboxylic acids is 1. The molecule has 1 fully saturated rings. The molecule has 132 valence electrons. The van der Waals surface area contributed by atoms with Crippen molar-refractivity contribution in [3.05, 3.63) is 47.8 Å². The third-order valence-corrected chi connectivity index (χ3v) is 4.49. The number of ether oxygens (including phenoxy) is 1. The Morgan fingerprint density at radius 1 is 1.04 bits per heavy atom. The van der Waals surface area contributed by atoms with Crippen LogP contribution in [-0.4, -0.2) is 54.3 Å². The first-order valence-electron chi connectivity index (χ1n) is 8.61. The lowest BCUT2D eigenvalue weighted by molar-refractivity contribution is 0.0739. The van der Waals surface area contributed by atoms with E-state index in [1.54, 1.807) is 13.2 Å². The van der Waals surface area contributed by atoms with Crippen molar-refractivity contribution in [1.82, 2.24) is 15.1 Å². The molecule has 1 saturated heterocycles. The molecular formula is C19H24N4O2. The van der Waals surface area contributed by atoms with Crippen molar-refractivity contribution in [3.8, 4) is 5.75 Å². The van der Waals surface area contributed by atoms with Crippen molar-refractivity contribution in [2.75, 3.05) is 38.2 Å². The summed E-state index contributed by atoms with van der Waals surface area (Å²) in [5, 5.41) is 8.26. The fourth-order valence-corrected chi connectivity index (χ4v) is 2.97. The van der Waals surface area contributed by atoms with E-state index >= 15 is 0 Å². The van der Waals surface area contributed by atoms with Gasteiger partial charge in [-0.15, -0.1) is 5.10 Å². The summed E-state index contributed by atoms with van der Waals surface area (Å²) in [6.45, 7) is 6.97. The molecule has 3 rings (SSSR count). The number of piperazine rings is 1. The Morgan fingerprint density at radius 2 is 1.76 bits per heavy atom. The Balaban J connectivity index is 1.64. The first-order chi connectivity index (χ1) is 12.1. The molecule has 1 amide bonds. The first-order valence-corrected chi connectivity index (χ1v) is 8.61. The molecule has 0 unspecified atom stereocenters. The smallest absolute Gasteiger partial charge is 0.274 e. The van der Waals surface area contributed by atoms with Gasteiger partial charge in [-0.05, 0) is 30.2 Å². The van der Waals surface area contributed by atoms with Crippen LogP contribution in [0, 0.1) is 0 Å². The van der Waals surface area contributed by atoms with Gasteiger partial charge in [-0.25, -0.2) is 0 Å². The Labute approximate surface area is 148 Å². The first kappa shape index (κ1) is 17.2. The number of methoxy groups -OCH3 is 1. The summed E-state index contributed by atoms with van der Waals surface area (Å²) in [4.78, 5) is 16.7. The van der Waals surface area contributed by atoms with E-state index in [4.69, 9.17) is 4.74 Å². The van der Waals surface area contributed by atoms with Crippen LogP contribution in [0.5, 0.6) is 5.75 Å². The van der Waals surface area contributed by atoms with Gasteiger partial charge in [-0.1, -0.05) is 26.0 Å². The summed E-state index contributed by atoms with van der Waals surface area (Å²) in [6.07, 6.45) is 0. The van der Waals surface area contributed by atoms with Crippen LogP contribution in [0.3, 0.4) is 0 Å². The van der Waals surface area contributed by atoms with Crippen molar-refractivity contribution in [2.24, 2.45) is 0 Å². The number of rotatable bonds is 4. The third-order valence-electron chi connectivity index (χ3n) is 4.49. The van der Waals surface area contributed by atoms with Gasteiger partial charge in [0.1, 0.15) is 5.75 Å². The fourth-order valence-electron chi connectivity index (χ4n) is 2.97. The maximum Gasteiger partial charge on any atom is 0.274 e. The summed E-state index contributed by atoms with van der Waals surface area (Å²) >= 11 is 0. The van der Waals surface area contributed by atoms with E-state index in [-0.39, 0.29) is 5.91 Å². The molecule has 1 aliphatic heterocycles. The van der Waals surface area contributed by atoms with E-state index in [1.807, 2.05) is 35.2 Å². The van der Waals surface area contributed by atoms with Crippen molar-refractivity contribution < 1.29 is 9.53 Å². The average Bonchev–Trinajstić information content (AvgIpc) is 2.67. The summed E-state index contributed by atoms with van der Waals surface area (Å²) in [6, 6.07) is 11.6. The Kier molecular flexibility index (Phi) is 5.16. The highest BCUT2D eigenvalue weighted by Gasteiger charge is 2.24. The van der Waals surface area contributed by atoms with E-state index < -0.39 is 0 Å². The van der Waals surface area contributed by atoms with Crippen LogP contribution in [0.2, 0.25) is 0 Å². The largest absolute Gasteiger partial charge is 0.495 e. The molecule has 0 radical (unpaired) electrons. The molecule has 0 bridgehead atoms. The number of benzene rings is 1. The molecule has 0 N–H and O–H groups in total. The number of anilines is 1. The zero-order valence-corrected chi connectivity index (χ0v) is 15.0. The molecule has 0 saturated carbocycles. The van der Waals surface area contributed by atoms with Gasteiger partial charge in [0.05, 0.1) is 18.5 Å². The Morgan fingerprint density at radius 3 is 2.36 bits per heavy atom. The second-order valence-corrected chi connectivity index (χ2v) is 6.45. The van der Waals surface area contributed by atoms with E-state index in [0.717, 1.165) is 30.2 Å². The van der Waals surface area contributed by atoms with Gasteiger partial charge >= 0.3 is 0 Å². The second-order valence-electron chi connectivity index (χ2n) is 6.45. The molecular weight excluding hydrogens is 316 g/mol. The highest BCUT2D eigenvalue weighted by atomic mass is 16.5. The topological polar surface area (TPSA) is 58.6 Å². The van der Waals surface area contributed by atoms with Crippen molar-refractivity contribution in [2.45, 2.75) is 19.8 Å². The molecule has 1 aromatic carbocycles. The van der Waals surface area contributed by atoms with Crippen LogP contribution < -0.4 is 9.64 Å². The number of hydrogen-bond acceptors (Lipinski definition) is 5. The van der Waals surface area contributed by atoms with Gasteiger partial charge in [0, 0.05) is 26.2 Å².